The lowest BCUT2D eigenvalue weighted by molar-refractivity contribution is 0.382. The number of rotatable bonds is 1. The second kappa shape index (κ2) is 4.57. The van der Waals surface area contributed by atoms with E-state index in [4.69, 9.17) is 0 Å². The number of nitrogens with zero attached hydrogens (tertiary/aromatic N) is 1. The fourth-order valence-electron chi connectivity index (χ4n) is 2.30. The maximum absolute atomic E-state index is 12.2. The summed E-state index contributed by atoms with van der Waals surface area (Å²) in [5, 5.41) is 9.92. The maximum Gasteiger partial charge on any atom is 0.255 e. The van der Waals surface area contributed by atoms with Gasteiger partial charge in [-0.25, -0.2) is 0 Å². The van der Waals surface area contributed by atoms with Gasteiger partial charge in [0.15, 0.2) is 0 Å². The van der Waals surface area contributed by atoms with Gasteiger partial charge in [-0.15, -0.1) is 0 Å². The van der Waals surface area contributed by atoms with Crippen LogP contribution in [0.4, 0.5) is 0 Å². The lowest BCUT2D eigenvalue weighted by atomic mass is 10.0. The van der Waals surface area contributed by atoms with Gasteiger partial charge in [0, 0.05) is 17.2 Å². The van der Waals surface area contributed by atoms with Gasteiger partial charge in [0.05, 0.1) is 5.69 Å². The molecule has 0 unspecified atom stereocenters. The first-order valence-corrected chi connectivity index (χ1v) is 6.34. The van der Waals surface area contributed by atoms with E-state index in [-0.39, 0.29) is 16.8 Å². The molecule has 1 aromatic heterocycles. The zero-order valence-corrected chi connectivity index (χ0v) is 11.8. The molecule has 100 valence electrons. The standard InChI is InChI=1S/C16H19NO2/c1-11-13(18)10-14(19)17(16(2,3)4)15(11)12-8-6-5-7-9-12/h5-10,18H,1-4H3. The van der Waals surface area contributed by atoms with Gasteiger partial charge in [0.25, 0.3) is 5.56 Å². The minimum Gasteiger partial charge on any atom is -0.507 e. The second-order valence-corrected chi connectivity index (χ2v) is 5.71. The fraction of sp³-hybridized carbons (Fsp3) is 0.312. The van der Waals surface area contributed by atoms with Gasteiger partial charge >= 0.3 is 0 Å². The summed E-state index contributed by atoms with van der Waals surface area (Å²) in [4.78, 5) is 12.2. The molecule has 1 heterocycles. The first-order chi connectivity index (χ1) is 8.82. The first kappa shape index (κ1) is 13.4. The van der Waals surface area contributed by atoms with E-state index >= 15 is 0 Å². The van der Waals surface area contributed by atoms with Gasteiger partial charge in [-0.3, -0.25) is 4.79 Å². The van der Waals surface area contributed by atoms with E-state index in [1.54, 1.807) is 4.57 Å². The number of pyridine rings is 1. The molecule has 0 aliphatic carbocycles. The molecule has 2 aromatic rings. The highest BCUT2D eigenvalue weighted by atomic mass is 16.3. The molecule has 0 radical (unpaired) electrons. The molecule has 0 aliphatic rings. The Morgan fingerprint density at radius 3 is 2.21 bits per heavy atom. The molecule has 1 aromatic carbocycles. The quantitative estimate of drug-likeness (QED) is 0.851. The van der Waals surface area contributed by atoms with Crippen LogP contribution in [0.5, 0.6) is 5.75 Å². The van der Waals surface area contributed by atoms with Crippen LogP contribution in [0.15, 0.2) is 41.2 Å². The third-order valence-corrected chi connectivity index (χ3v) is 3.16. The van der Waals surface area contributed by atoms with E-state index in [2.05, 4.69) is 0 Å². The highest BCUT2D eigenvalue weighted by Crippen LogP contribution is 2.31. The Morgan fingerprint density at radius 1 is 1.11 bits per heavy atom. The fourth-order valence-corrected chi connectivity index (χ4v) is 2.30. The third kappa shape index (κ3) is 2.41. The van der Waals surface area contributed by atoms with E-state index in [1.165, 1.54) is 6.07 Å². The number of aromatic hydroxyl groups is 1. The van der Waals surface area contributed by atoms with Crippen molar-refractivity contribution in [2.75, 3.05) is 0 Å². The predicted molar refractivity (Wildman–Crippen MR) is 77.5 cm³/mol. The van der Waals surface area contributed by atoms with Crippen molar-refractivity contribution in [2.24, 2.45) is 0 Å². The van der Waals surface area contributed by atoms with Gasteiger partial charge < -0.3 is 9.67 Å². The van der Waals surface area contributed by atoms with Crippen LogP contribution in [0, 0.1) is 6.92 Å². The number of benzene rings is 1. The number of hydrogen-bond acceptors (Lipinski definition) is 2. The van der Waals surface area contributed by atoms with Gasteiger partial charge in [0.1, 0.15) is 5.75 Å². The summed E-state index contributed by atoms with van der Waals surface area (Å²) < 4.78 is 1.73. The Labute approximate surface area is 113 Å². The Morgan fingerprint density at radius 2 is 1.68 bits per heavy atom. The molecule has 0 bridgehead atoms. The summed E-state index contributed by atoms with van der Waals surface area (Å²) in [5.41, 5.74) is 1.90. The van der Waals surface area contributed by atoms with Crippen molar-refractivity contribution in [3.8, 4) is 17.0 Å². The molecule has 0 fully saturated rings. The molecule has 0 saturated carbocycles. The third-order valence-electron chi connectivity index (χ3n) is 3.16. The zero-order valence-electron chi connectivity index (χ0n) is 11.8. The molecule has 0 saturated heterocycles. The Bertz CT molecular complexity index is 649. The van der Waals surface area contributed by atoms with Gasteiger partial charge in [-0.2, -0.15) is 0 Å². The number of hydrogen-bond donors (Lipinski definition) is 1. The van der Waals surface area contributed by atoms with Crippen LogP contribution in [-0.4, -0.2) is 9.67 Å². The molecule has 0 spiro atoms. The average molecular weight is 257 g/mol. The smallest absolute Gasteiger partial charge is 0.255 e. The van der Waals surface area contributed by atoms with Crippen molar-refractivity contribution >= 4 is 0 Å². The van der Waals surface area contributed by atoms with E-state index in [0.29, 0.717) is 0 Å². The van der Waals surface area contributed by atoms with Crippen LogP contribution in [-0.2, 0) is 5.54 Å². The monoisotopic (exact) mass is 257 g/mol. The van der Waals surface area contributed by atoms with E-state index < -0.39 is 0 Å². The largest absolute Gasteiger partial charge is 0.507 e. The lowest BCUT2D eigenvalue weighted by Gasteiger charge is -2.28. The van der Waals surface area contributed by atoms with Crippen LogP contribution in [0.1, 0.15) is 26.3 Å². The van der Waals surface area contributed by atoms with Crippen molar-refractivity contribution in [3.63, 3.8) is 0 Å². The molecular weight excluding hydrogens is 238 g/mol. The van der Waals surface area contributed by atoms with Gasteiger partial charge in [-0.1, -0.05) is 30.3 Å². The average Bonchev–Trinajstić information content (AvgIpc) is 2.33. The van der Waals surface area contributed by atoms with Crippen LogP contribution in [0.2, 0.25) is 0 Å². The normalized spacial score (nSPS) is 11.6. The van der Waals surface area contributed by atoms with Crippen LogP contribution < -0.4 is 5.56 Å². The summed E-state index contributed by atoms with van der Waals surface area (Å²) in [5.74, 6) is 0.0457. The minimum atomic E-state index is -0.347. The molecule has 0 aliphatic heterocycles. The highest BCUT2D eigenvalue weighted by Gasteiger charge is 2.22. The Hall–Kier alpha value is -2.03. The second-order valence-electron chi connectivity index (χ2n) is 5.71. The SMILES string of the molecule is Cc1c(O)cc(=O)n(C(C)(C)C)c1-c1ccccc1. The number of aromatic nitrogens is 1. The van der Waals surface area contributed by atoms with Crippen molar-refractivity contribution in [1.82, 2.24) is 4.57 Å². The molecule has 0 amide bonds. The molecule has 3 heteroatoms. The molecule has 0 atom stereocenters. The molecule has 19 heavy (non-hydrogen) atoms. The van der Waals surface area contributed by atoms with E-state index in [1.807, 2.05) is 58.0 Å². The van der Waals surface area contributed by atoms with Gasteiger partial charge in [-0.05, 0) is 33.3 Å². The Kier molecular flexibility index (Phi) is 3.23. The summed E-state index contributed by atoms with van der Waals surface area (Å²) >= 11 is 0. The first-order valence-electron chi connectivity index (χ1n) is 6.34. The van der Waals surface area contributed by atoms with E-state index in [0.717, 1.165) is 16.8 Å². The molecule has 2 rings (SSSR count). The summed E-state index contributed by atoms with van der Waals surface area (Å²) in [7, 11) is 0. The molecule has 3 nitrogen and oxygen atoms in total. The van der Waals surface area contributed by atoms with Crippen LogP contribution in [0.3, 0.4) is 0 Å². The highest BCUT2D eigenvalue weighted by molar-refractivity contribution is 5.66. The summed E-state index contributed by atoms with van der Waals surface area (Å²) in [6.07, 6.45) is 0. The summed E-state index contributed by atoms with van der Waals surface area (Å²) in [6.45, 7) is 7.78. The van der Waals surface area contributed by atoms with Crippen molar-refractivity contribution < 1.29 is 5.11 Å². The maximum atomic E-state index is 12.2. The van der Waals surface area contributed by atoms with Crippen LogP contribution >= 0.6 is 0 Å². The van der Waals surface area contributed by atoms with Crippen molar-refractivity contribution in [1.29, 1.82) is 0 Å². The van der Waals surface area contributed by atoms with Crippen molar-refractivity contribution in [2.45, 2.75) is 33.2 Å². The molecular formula is C16H19NO2. The Balaban J connectivity index is 2.89. The summed E-state index contributed by atoms with van der Waals surface area (Å²) in [6, 6.07) is 11.0. The van der Waals surface area contributed by atoms with Crippen molar-refractivity contribution in [3.05, 3.63) is 52.3 Å². The lowest BCUT2D eigenvalue weighted by Crippen LogP contribution is -2.35. The predicted octanol–water partition coefficient (Wildman–Crippen LogP) is 3.28. The zero-order chi connectivity index (χ0) is 14.2. The van der Waals surface area contributed by atoms with E-state index in [9.17, 15) is 9.90 Å². The van der Waals surface area contributed by atoms with Crippen LogP contribution in [0.25, 0.3) is 11.3 Å². The minimum absolute atomic E-state index is 0.0457. The topological polar surface area (TPSA) is 42.2 Å². The molecule has 1 N–H and O–H groups in total. The van der Waals surface area contributed by atoms with Gasteiger partial charge in [0.2, 0.25) is 0 Å².